The Bertz CT molecular complexity index is 746. The zero-order valence-electron chi connectivity index (χ0n) is 10.2. The molecule has 2 aromatic rings. The number of pyridine rings is 1. The highest BCUT2D eigenvalue weighted by atomic mass is 16.5. The molecule has 3 rings (SSSR count). The molecule has 1 heterocycles. The van der Waals surface area contributed by atoms with E-state index in [4.69, 9.17) is 9.84 Å². The average Bonchev–Trinajstić information content (AvgIpc) is 2.74. The number of hydrogen-bond donors (Lipinski definition) is 2. The van der Waals surface area contributed by atoms with Crippen LogP contribution in [0.5, 0.6) is 5.75 Å². The van der Waals surface area contributed by atoms with Crippen molar-refractivity contribution < 1.29 is 14.6 Å². The number of rotatable bonds is 2. The van der Waals surface area contributed by atoms with Crippen molar-refractivity contribution in [2.45, 2.75) is 6.42 Å². The molecule has 0 bridgehead atoms. The minimum absolute atomic E-state index is 0.224. The van der Waals surface area contributed by atoms with E-state index in [2.05, 4.69) is 4.98 Å². The third-order valence-electron chi connectivity index (χ3n) is 3.32. The van der Waals surface area contributed by atoms with Gasteiger partial charge in [0.25, 0.3) is 5.56 Å². The Balaban J connectivity index is 2.22. The zero-order valence-corrected chi connectivity index (χ0v) is 10.2. The van der Waals surface area contributed by atoms with E-state index in [1.54, 1.807) is 7.11 Å². The van der Waals surface area contributed by atoms with Crippen LogP contribution in [0.1, 0.15) is 21.5 Å². The first kappa shape index (κ1) is 11.5. The Kier molecular flexibility index (Phi) is 2.41. The van der Waals surface area contributed by atoms with E-state index in [-0.39, 0.29) is 5.56 Å². The van der Waals surface area contributed by atoms with Gasteiger partial charge in [-0.3, -0.25) is 4.79 Å². The Hall–Kier alpha value is -2.56. The molecule has 1 aliphatic rings. The van der Waals surface area contributed by atoms with Crippen LogP contribution >= 0.6 is 0 Å². The molecule has 19 heavy (non-hydrogen) atoms. The van der Waals surface area contributed by atoms with E-state index in [1.807, 2.05) is 18.2 Å². The quantitative estimate of drug-likeness (QED) is 0.731. The molecule has 0 saturated heterocycles. The summed E-state index contributed by atoms with van der Waals surface area (Å²) in [5.74, 6) is -0.507. The minimum atomic E-state index is -1.21. The first-order valence-corrected chi connectivity index (χ1v) is 5.77. The van der Waals surface area contributed by atoms with Gasteiger partial charge in [0, 0.05) is 12.0 Å². The van der Waals surface area contributed by atoms with Gasteiger partial charge in [0.2, 0.25) is 0 Å². The van der Waals surface area contributed by atoms with Gasteiger partial charge in [0.05, 0.1) is 12.8 Å². The van der Waals surface area contributed by atoms with Gasteiger partial charge in [-0.2, -0.15) is 0 Å². The van der Waals surface area contributed by atoms with E-state index in [0.29, 0.717) is 17.9 Å². The van der Waals surface area contributed by atoms with Crippen molar-refractivity contribution >= 4 is 5.97 Å². The zero-order chi connectivity index (χ0) is 13.6. The number of carboxylic acid groups (broad SMARTS) is 1. The van der Waals surface area contributed by atoms with Crippen LogP contribution < -0.4 is 10.3 Å². The lowest BCUT2D eigenvalue weighted by atomic mass is 10.1. The average molecular weight is 257 g/mol. The Morgan fingerprint density at radius 1 is 1.32 bits per heavy atom. The number of aromatic carboxylic acids is 1. The second-order valence-electron chi connectivity index (χ2n) is 4.42. The second-order valence-corrected chi connectivity index (χ2v) is 4.42. The van der Waals surface area contributed by atoms with Gasteiger partial charge in [-0.25, -0.2) is 4.79 Å². The molecule has 0 aliphatic heterocycles. The minimum Gasteiger partial charge on any atom is -0.497 e. The van der Waals surface area contributed by atoms with Crippen LogP contribution in [0.2, 0.25) is 0 Å². The number of aromatic amines is 1. The van der Waals surface area contributed by atoms with Crippen LogP contribution in [-0.4, -0.2) is 23.2 Å². The first-order valence-electron chi connectivity index (χ1n) is 5.77. The van der Waals surface area contributed by atoms with Crippen LogP contribution in [-0.2, 0) is 6.42 Å². The molecule has 0 saturated carbocycles. The summed E-state index contributed by atoms with van der Waals surface area (Å²) in [6.07, 6.45) is 0.617. The van der Waals surface area contributed by atoms with Crippen molar-refractivity contribution in [3.8, 4) is 17.0 Å². The molecule has 0 fully saturated rings. The van der Waals surface area contributed by atoms with E-state index in [1.165, 1.54) is 6.07 Å². The number of carboxylic acids is 1. The largest absolute Gasteiger partial charge is 0.497 e. The molecule has 0 amide bonds. The van der Waals surface area contributed by atoms with Gasteiger partial charge in [0.1, 0.15) is 11.3 Å². The van der Waals surface area contributed by atoms with Crippen LogP contribution in [0.4, 0.5) is 0 Å². The predicted molar refractivity (Wildman–Crippen MR) is 68.8 cm³/mol. The summed E-state index contributed by atoms with van der Waals surface area (Å²) in [7, 11) is 1.58. The number of carbonyl (C=O) groups is 1. The van der Waals surface area contributed by atoms with Crippen molar-refractivity contribution in [1.29, 1.82) is 0 Å². The lowest BCUT2D eigenvalue weighted by Gasteiger charge is -2.04. The topological polar surface area (TPSA) is 79.4 Å². The Labute approximate surface area is 108 Å². The molecule has 1 aliphatic carbocycles. The monoisotopic (exact) mass is 257 g/mol. The van der Waals surface area contributed by atoms with E-state index in [0.717, 1.165) is 16.7 Å². The summed E-state index contributed by atoms with van der Waals surface area (Å²) in [5.41, 5.74) is 2.64. The third kappa shape index (κ3) is 1.71. The van der Waals surface area contributed by atoms with Gasteiger partial charge in [-0.05, 0) is 29.3 Å². The van der Waals surface area contributed by atoms with Crippen LogP contribution in [0.25, 0.3) is 11.3 Å². The number of ether oxygens (including phenoxy) is 1. The smallest absolute Gasteiger partial charge is 0.341 e. The van der Waals surface area contributed by atoms with Gasteiger partial charge < -0.3 is 14.8 Å². The molecule has 5 nitrogen and oxygen atoms in total. The van der Waals surface area contributed by atoms with Crippen molar-refractivity contribution in [2.75, 3.05) is 7.11 Å². The lowest BCUT2D eigenvalue weighted by molar-refractivity contribution is 0.0695. The number of methoxy groups -OCH3 is 1. The van der Waals surface area contributed by atoms with E-state index >= 15 is 0 Å². The van der Waals surface area contributed by atoms with Gasteiger partial charge >= 0.3 is 5.97 Å². The summed E-state index contributed by atoms with van der Waals surface area (Å²) < 4.78 is 5.16. The Morgan fingerprint density at radius 3 is 2.79 bits per heavy atom. The van der Waals surface area contributed by atoms with Crippen molar-refractivity contribution in [3.63, 3.8) is 0 Å². The molecule has 2 N–H and O–H groups in total. The maximum absolute atomic E-state index is 11.7. The maximum atomic E-state index is 11.7. The molecule has 0 unspecified atom stereocenters. The molecule has 0 spiro atoms. The number of benzene rings is 1. The fraction of sp³-hybridized carbons (Fsp3) is 0.143. The normalized spacial score (nSPS) is 11.8. The number of fused-ring (bicyclic) bond motifs is 3. The number of nitrogens with one attached hydrogen (secondary N) is 1. The maximum Gasteiger partial charge on any atom is 0.341 e. The molecule has 0 atom stereocenters. The summed E-state index contributed by atoms with van der Waals surface area (Å²) in [5, 5.41) is 8.96. The number of aromatic nitrogens is 1. The third-order valence-corrected chi connectivity index (χ3v) is 3.32. The fourth-order valence-corrected chi connectivity index (χ4v) is 2.39. The number of hydrogen-bond acceptors (Lipinski definition) is 3. The summed E-state index contributed by atoms with van der Waals surface area (Å²) >= 11 is 0. The molecule has 5 heteroatoms. The molecule has 0 radical (unpaired) electrons. The van der Waals surface area contributed by atoms with Crippen molar-refractivity contribution in [2.24, 2.45) is 0 Å². The molecule has 1 aromatic heterocycles. The standard InChI is InChI=1S/C14H11NO4/c1-19-9-3-2-7-4-8-5-11(14(17)18)13(16)15-12(8)10(7)6-9/h2-3,5-6H,4H2,1H3,(H,15,16)(H,17,18). The van der Waals surface area contributed by atoms with Crippen molar-refractivity contribution in [1.82, 2.24) is 4.98 Å². The number of H-pyrrole nitrogens is 1. The summed E-state index contributed by atoms with van der Waals surface area (Å²) in [6, 6.07) is 7.06. The predicted octanol–water partition coefficient (Wildman–Crippen LogP) is 1.65. The van der Waals surface area contributed by atoms with Gasteiger partial charge in [0.15, 0.2) is 0 Å². The molecule has 1 aromatic carbocycles. The summed E-state index contributed by atoms with van der Waals surface area (Å²) in [4.78, 5) is 25.3. The SMILES string of the molecule is COc1ccc2c(c1)-c1[nH]c(=O)c(C(=O)O)cc1C2. The van der Waals surface area contributed by atoms with Gasteiger partial charge in [-0.1, -0.05) is 6.07 Å². The van der Waals surface area contributed by atoms with Crippen molar-refractivity contribution in [3.05, 3.63) is 51.3 Å². The molecular formula is C14H11NO4. The summed E-state index contributed by atoms with van der Waals surface area (Å²) in [6.45, 7) is 0. The van der Waals surface area contributed by atoms with Crippen LogP contribution in [0.15, 0.2) is 29.1 Å². The lowest BCUT2D eigenvalue weighted by Crippen LogP contribution is -2.18. The first-order chi connectivity index (χ1) is 9.10. The van der Waals surface area contributed by atoms with Crippen LogP contribution in [0.3, 0.4) is 0 Å². The fourth-order valence-electron chi connectivity index (χ4n) is 2.39. The second kappa shape index (κ2) is 3.98. The molecular weight excluding hydrogens is 246 g/mol. The van der Waals surface area contributed by atoms with E-state index < -0.39 is 11.5 Å². The Morgan fingerprint density at radius 2 is 2.11 bits per heavy atom. The van der Waals surface area contributed by atoms with Gasteiger partial charge in [-0.15, -0.1) is 0 Å². The van der Waals surface area contributed by atoms with E-state index in [9.17, 15) is 9.59 Å². The molecule has 96 valence electrons. The highest BCUT2D eigenvalue weighted by molar-refractivity contribution is 5.89. The highest BCUT2D eigenvalue weighted by Gasteiger charge is 2.22. The highest BCUT2D eigenvalue weighted by Crippen LogP contribution is 2.36. The van der Waals surface area contributed by atoms with Crippen LogP contribution in [0, 0.1) is 0 Å².